The van der Waals surface area contributed by atoms with Gasteiger partial charge in [-0.1, -0.05) is 0 Å². The van der Waals surface area contributed by atoms with Crippen LogP contribution in [0.3, 0.4) is 0 Å². The molecule has 1 aromatic rings. The summed E-state index contributed by atoms with van der Waals surface area (Å²) in [6, 6.07) is 3.85. The van der Waals surface area contributed by atoms with E-state index in [1.54, 1.807) is 12.0 Å². The molecule has 1 rings (SSSR count). The SMILES string of the molecule is COCCN(CCCN(C)C)C(=O)c1cc(F)ccc1N. The predicted octanol–water partition coefficient (Wildman–Crippen LogP) is 1.45. The van der Waals surface area contributed by atoms with Crippen molar-refractivity contribution < 1.29 is 13.9 Å². The van der Waals surface area contributed by atoms with Gasteiger partial charge >= 0.3 is 0 Å². The van der Waals surface area contributed by atoms with Crippen LogP contribution < -0.4 is 5.73 Å². The third-order valence-electron chi connectivity index (χ3n) is 3.13. The van der Waals surface area contributed by atoms with Crippen LogP contribution in [0.4, 0.5) is 10.1 Å². The molecule has 0 heterocycles. The van der Waals surface area contributed by atoms with Crippen LogP contribution in [0.15, 0.2) is 18.2 Å². The molecule has 0 saturated carbocycles. The summed E-state index contributed by atoms with van der Waals surface area (Å²) < 4.78 is 18.4. The van der Waals surface area contributed by atoms with E-state index in [0.29, 0.717) is 19.7 Å². The highest BCUT2D eigenvalue weighted by Gasteiger charge is 2.18. The lowest BCUT2D eigenvalue weighted by molar-refractivity contribution is 0.0690. The fourth-order valence-electron chi connectivity index (χ4n) is 1.98. The highest BCUT2D eigenvalue weighted by Crippen LogP contribution is 2.16. The van der Waals surface area contributed by atoms with E-state index in [1.165, 1.54) is 18.2 Å². The number of rotatable bonds is 8. The van der Waals surface area contributed by atoms with Crippen molar-refractivity contribution in [1.82, 2.24) is 9.80 Å². The third-order valence-corrected chi connectivity index (χ3v) is 3.13. The molecule has 21 heavy (non-hydrogen) atoms. The van der Waals surface area contributed by atoms with E-state index >= 15 is 0 Å². The zero-order valence-electron chi connectivity index (χ0n) is 12.9. The van der Waals surface area contributed by atoms with Crippen molar-refractivity contribution in [3.05, 3.63) is 29.6 Å². The van der Waals surface area contributed by atoms with Crippen molar-refractivity contribution in [2.45, 2.75) is 6.42 Å². The van der Waals surface area contributed by atoms with Gasteiger partial charge in [0.05, 0.1) is 12.2 Å². The molecule has 0 bridgehead atoms. The minimum atomic E-state index is -0.465. The van der Waals surface area contributed by atoms with Crippen LogP contribution in [-0.4, -0.2) is 63.2 Å². The number of ether oxygens (including phenoxy) is 1. The van der Waals surface area contributed by atoms with Gasteiger partial charge in [-0.3, -0.25) is 4.79 Å². The Morgan fingerprint density at radius 2 is 2.00 bits per heavy atom. The summed E-state index contributed by atoms with van der Waals surface area (Å²) in [5, 5.41) is 0. The topological polar surface area (TPSA) is 58.8 Å². The smallest absolute Gasteiger partial charge is 0.256 e. The molecule has 0 aromatic heterocycles. The molecule has 2 N–H and O–H groups in total. The average molecular weight is 297 g/mol. The van der Waals surface area contributed by atoms with Crippen LogP contribution in [0.25, 0.3) is 0 Å². The Bertz CT molecular complexity index is 466. The van der Waals surface area contributed by atoms with Crippen molar-refractivity contribution in [2.75, 3.05) is 53.2 Å². The number of carbonyl (C=O) groups excluding carboxylic acids is 1. The highest BCUT2D eigenvalue weighted by atomic mass is 19.1. The summed E-state index contributed by atoms with van der Waals surface area (Å²) in [5.74, 6) is -0.727. The van der Waals surface area contributed by atoms with Crippen LogP contribution >= 0.6 is 0 Å². The quantitative estimate of drug-likeness (QED) is 0.738. The van der Waals surface area contributed by atoms with Gasteiger partial charge in [-0.05, 0) is 45.3 Å². The Kier molecular flexibility index (Phi) is 7.11. The maximum absolute atomic E-state index is 13.3. The van der Waals surface area contributed by atoms with Crippen LogP contribution in [0.5, 0.6) is 0 Å². The van der Waals surface area contributed by atoms with Crippen molar-refractivity contribution in [2.24, 2.45) is 0 Å². The second-order valence-electron chi connectivity index (χ2n) is 5.17. The zero-order valence-corrected chi connectivity index (χ0v) is 12.9. The van der Waals surface area contributed by atoms with Gasteiger partial charge in [-0.15, -0.1) is 0 Å². The summed E-state index contributed by atoms with van der Waals surface area (Å²) in [6.07, 6.45) is 0.831. The highest BCUT2D eigenvalue weighted by molar-refractivity contribution is 5.99. The number of hydrogen-bond acceptors (Lipinski definition) is 4. The van der Waals surface area contributed by atoms with Crippen LogP contribution in [0.2, 0.25) is 0 Å². The maximum Gasteiger partial charge on any atom is 0.256 e. The number of benzene rings is 1. The van der Waals surface area contributed by atoms with E-state index in [1.807, 2.05) is 14.1 Å². The summed E-state index contributed by atoms with van der Waals surface area (Å²) in [7, 11) is 5.54. The lowest BCUT2D eigenvalue weighted by atomic mass is 10.1. The van der Waals surface area contributed by atoms with Gasteiger partial charge in [-0.2, -0.15) is 0 Å². The van der Waals surface area contributed by atoms with Gasteiger partial charge in [0.1, 0.15) is 5.82 Å². The van der Waals surface area contributed by atoms with Gasteiger partial charge in [0.15, 0.2) is 0 Å². The first-order valence-electron chi connectivity index (χ1n) is 6.93. The number of nitrogens with zero attached hydrogens (tertiary/aromatic N) is 2. The number of anilines is 1. The van der Waals surface area contributed by atoms with Crippen molar-refractivity contribution >= 4 is 11.6 Å². The second kappa shape index (κ2) is 8.59. The number of carbonyl (C=O) groups is 1. The number of halogens is 1. The maximum atomic E-state index is 13.3. The molecule has 6 heteroatoms. The normalized spacial score (nSPS) is 10.9. The van der Waals surface area contributed by atoms with Gasteiger partial charge < -0.3 is 20.3 Å². The number of methoxy groups -OCH3 is 1. The van der Waals surface area contributed by atoms with E-state index in [9.17, 15) is 9.18 Å². The monoisotopic (exact) mass is 297 g/mol. The summed E-state index contributed by atoms with van der Waals surface area (Å²) >= 11 is 0. The fraction of sp³-hybridized carbons (Fsp3) is 0.533. The molecule has 0 aliphatic rings. The fourth-order valence-corrected chi connectivity index (χ4v) is 1.98. The summed E-state index contributed by atoms with van der Waals surface area (Å²) in [6.45, 7) is 2.34. The lowest BCUT2D eigenvalue weighted by Crippen LogP contribution is -2.36. The first kappa shape index (κ1) is 17.4. The molecule has 0 saturated heterocycles. The Labute approximate surface area is 125 Å². The minimum Gasteiger partial charge on any atom is -0.398 e. The van der Waals surface area contributed by atoms with Crippen molar-refractivity contribution in [1.29, 1.82) is 0 Å². The minimum absolute atomic E-state index is 0.205. The first-order valence-corrected chi connectivity index (χ1v) is 6.93. The Balaban J connectivity index is 2.80. The van der Waals surface area contributed by atoms with Crippen molar-refractivity contribution in [3.8, 4) is 0 Å². The summed E-state index contributed by atoms with van der Waals surface area (Å²) in [5.41, 5.74) is 6.27. The van der Waals surface area contributed by atoms with E-state index in [-0.39, 0.29) is 17.2 Å². The second-order valence-corrected chi connectivity index (χ2v) is 5.17. The molecule has 0 aliphatic carbocycles. The molecule has 1 amide bonds. The van der Waals surface area contributed by atoms with E-state index in [4.69, 9.17) is 10.5 Å². The van der Waals surface area contributed by atoms with Crippen molar-refractivity contribution in [3.63, 3.8) is 0 Å². The number of nitrogen functional groups attached to an aromatic ring is 1. The van der Waals surface area contributed by atoms with E-state index in [0.717, 1.165) is 13.0 Å². The van der Waals surface area contributed by atoms with Gasteiger partial charge in [0.2, 0.25) is 0 Å². The van der Waals surface area contributed by atoms with Gasteiger partial charge in [-0.25, -0.2) is 4.39 Å². The lowest BCUT2D eigenvalue weighted by Gasteiger charge is -2.24. The Hall–Kier alpha value is -1.66. The molecular formula is C15H24FN3O2. The Morgan fingerprint density at radius 3 is 2.62 bits per heavy atom. The summed E-state index contributed by atoms with van der Waals surface area (Å²) in [4.78, 5) is 16.2. The molecular weight excluding hydrogens is 273 g/mol. The molecule has 0 fully saturated rings. The molecule has 118 valence electrons. The van der Waals surface area contributed by atoms with Crippen LogP contribution in [0, 0.1) is 5.82 Å². The number of amides is 1. The van der Waals surface area contributed by atoms with E-state index in [2.05, 4.69) is 4.90 Å². The largest absolute Gasteiger partial charge is 0.398 e. The first-order chi connectivity index (χ1) is 9.95. The molecule has 0 spiro atoms. The van der Waals surface area contributed by atoms with E-state index < -0.39 is 5.82 Å². The van der Waals surface area contributed by atoms with Gasteiger partial charge in [0, 0.05) is 25.9 Å². The molecule has 0 atom stereocenters. The molecule has 0 unspecified atom stereocenters. The number of hydrogen-bond donors (Lipinski definition) is 1. The van der Waals surface area contributed by atoms with Gasteiger partial charge in [0.25, 0.3) is 5.91 Å². The third kappa shape index (κ3) is 5.69. The Morgan fingerprint density at radius 1 is 1.29 bits per heavy atom. The van der Waals surface area contributed by atoms with Crippen LogP contribution in [-0.2, 0) is 4.74 Å². The number of nitrogens with two attached hydrogens (primary N) is 1. The average Bonchev–Trinajstić information content (AvgIpc) is 2.44. The zero-order chi connectivity index (χ0) is 15.8. The van der Waals surface area contributed by atoms with Crippen LogP contribution in [0.1, 0.15) is 16.8 Å². The molecule has 0 radical (unpaired) electrons. The molecule has 1 aromatic carbocycles. The standard InChI is InChI=1S/C15H24FN3O2/c1-18(2)7-4-8-19(9-10-21-3)15(20)13-11-12(16)5-6-14(13)17/h5-6,11H,4,7-10,17H2,1-3H3. The predicted molar refractivity (Wildman–Crippen MR) is 81.8 cm³/mol. The molecule has 0 aliphatic heterocycles. The molecule has 5 nitrogen and oxygen atoms in total.